The molecule has 0 fully saturated rings. The van der Waals surface area contributed by atoms with Gasteiger partial charge in [-0.25, -0.2) is 4.68 Å². The van der Waals surface area contributed by atoms with E-state index in [1.807, 2.05) is 6.07 Å². The smallest absolute Gasteiger partial charge is 0.271 e. The Bertz CT molecular complexity index is 638. The summed E-state index contributed by atoms with van der Waals surface area (Å²) in [5, 5.41) is 15.6. The van der Waals surface area contributed by atoms with Crippen molar-refractivity contribution in [2.45, 2.75) is 0 Å². The molecule has 0 atom stereocenters. The number of hydrogen-bond acceptors (Lipinski definition) is 4. The zero-order valence-corrected chi connectivity index (χ0v) is 9.71. The van der Waals surface area contributed by atoms with Crippen LogP contribution in [-0.4, -0.2) is 22.7 Å². The van der Waals surface area contributed by atoms with Gasteiger partial charge in [-0.15, -0.1) is 0 Å². The van der Waals surface area contributed by atoms with Crippen molar-refractivity contribution in [3.05, 3.63) is 41.7 Å². The first kappa shape index (κ1) is 11.7. The molecular formula is C12H11N5O. The predicted octanol–water partition coefficient (Wildman–Crippen LogP) is 0.686. The van der Waals surface area contributed by atoms with Gasteiger partial charge in [0.15, 0.2) is 5.69 Å². The van der Waals surface area contributed by atoms with Crippen LogP contribution in [0.25, 0.3) is 5.69 Å². The van der Waals surface area contributed by atoms with Crippen molar-refractivity contribution in [2.24, 2.45) is 0 Å². The lowest BCUT2D eigenvalue weighted by Crippen LogP contribution is -2.18. The third kappa shape index (κ3) is 2.01. The van der Waals surface area contributed by atoms with Gasteiger partial charge >= 0.3 is 0 Å². The van der Waals surface area contributed by atoms with Crippen molar-refractivity contribution in [1.82, 2.24) is 15.1 Å². The van der Waals surface area contributed by atoms with Crippen molar-refractivity contribution in [2.75, 3.05) is 12.8 Å². The highest BCUT2D eigenvalue weighted by Crippen LogP contribution is 2.16. The van der Waals surface area contributed by atoms with E-state index in [2.05, 4.69) is 10.4 Å². The molecular weight excluding hydrogens is 230 g/mol. The van der Waals surface area contributed by atoms with Crippen molar-refractivity contribution >= 4 is 11.6 Å². The van der Waals surface area contributed by atoms with Crippen LogP contribution >= 0.6 is 0 Å². The van der Waals surface area contributed by atoms with Gasteiger partial charge in [0.1, 0.15) is 6.07 Å². The van der Waals surface area contributed by atoms with Crippen LogP contribution in [0.2, 0.25) is 0 Å². The minimum Gasteiger partial charge on any atom is -0.399 e. The fraction of sp³-hybridized carbons (Fsp3) is 0.0833. The van der Waals surface area contributed by atoms with E-state index < -0.39 is 0 Å². The maximum Gasteiger partial charge on any atom is 0.271 e. The molecule has 0 spiro atoms. The number of rotatable bonds is 2. The summed E-state index contributed by atoms with van der Waals surface area (Å²) in [6, 6.07) is 8.56. The number of aromatic nitrogens is 2. The van der Waals surface area contributed by atoms with E-state index in [4.69, 9.17) is 11.0 Å². The Morgan fingerprint density at radius 2 is 2.28 bits per heavy atom. The number of amides is 1. The average Bonchev–Trinajstić information content (AvgIpc) is 2.87. The second kappa shape index (κ2) is 4.59. The summed E-state index contributed by atoms with van der Waals surface area (Å²) in [5.74, 6) is -0.275. The molecule has 0 aliphatic heterocycles. The average molecular weight is 241 g/mol. The summed E-state index contributed by atoms with van der Waals surface area (Å²) in [7, 11) is 1.53. The molecule has 18 heavy (non-hydrogen) atoms. The fourth-order valence-electron chi connectivity index (χ4n) is 1.55. The van der Waals surface area contributed by atoms with Gasteiger partial charge in [-0.2, -0.15) is 10.4 Å². The minimum absolute atomic E-state index is 0.275. The molecule has 1 amide bonds. The number of hydrogen-bond donors (Lipinski definition) is 2. The minimum atomic E-state index is -0.275. The molecule has 0 saturated heterocycles. The number of nitrogens with one attached hydrogen (secondary N) is 1. The molecule has 0 saturated carbocycles. The van der Waals surface area contributed by atoms with Crippen molar-refractivity contribution in [1.29, 1.82) is 5.26 Å². The van der Waals surface area contributed by atoms with Crippen LogP contribution in [-0.2, 0) is 0 Å². The Kier molecular flexibility index (Phi) is 2.98. The molecule has 3 N–H and O–H groups in total. The summed E-state index contributed by atoms with van der Waals surface area (Å²) in [6.07, 6.45) is 1.62. The van der Waals surface area contributed by atoms with Crippen molar-refractivity contribution in [3.63, 3.8) is 0 Å². The Balaban J connectivity index is 2.47. The molecule has 2 aromatic rings. The Hall–Kier alpha value is -2.81. The second-order valence-corrected chi connectivity index (χ2v) is 3.61. The first-order chi connectivity index (χ1) is 8.65. The number of benzene rings is 1. The molecule has 0 bridgehead atoms. The summed E-state index contributed by atoms with van der Waals surface area (Å²) >= 11 is 0. The Labute approximate surface area is 104 Å². The molecule has 1 aromatic carbocycles. The van der Waals surface area contributed by atoms with E-state index in [1.165, 1.54) is 11.7 Å². The third-order valence-corrected chi connectivity index (χ3v) is 2.44. The van der Waals surface area contributed by atoms with Crippen LogP contribution in [0.4, 0.5) is 5.69 Å². The molecule has 1 aromatic heterocycles. The molecule has 6 heteroatoms. The van der Waals surface area contributed by atoms with Gasteiger partial charge in [-0.1, -0.05) is 0 Å². The zero-order valence-electron chi connectivity index (χ0n) is 9.71. The number of anilines is 1. The lowest BCUT2D eigenvalue weighted by molar-refractivity contribution is 0.0957. The standard InChI is InChI=1S/C12H11N5O/c1-15-12(18)10-4-5-17(16-10)11-3-2-9(14)6-8(11)7-13/h2-6H,14H2,1H3,(H,15,18). The van der Waals surface area contributed by atoms with Gasteiger partial charge in [-0.05, 0) is 24.3 Å². The number of nitriles is 1. The van der Waals surface area contributed by atoms with E-state index >= 15 is 0 Å². The fourth-order valence-corrected chi connectivity index (χ4v) is 1.55. The SMILES string of the molecule is CNC(=O)c1ccn(-c2ccc(N)cc2C#N)n1. The molecule has 0 radical (unpaired) electrons. The monoisotopic (exact) mass is 241 g/mol. The zero-order chi connectivity index (χ0) is 13.1. The number of nitrogens with two attached hydrogens (primary N) is 1. The van der Waals surface area contributed by atoms with Gasteiger partial charge < -0.3 is 11.1 Å². The largest absolute Gasteiger partial charge is 0.399 e. The Morgan fingerprint density at radius 1 is 1.50 bits per heavy atom. The normalized spacial score (nSPS) is 9.78. The van der Waals surface area contributed by atoms with Crippen LogP contribution in [0.15, 0.2) is 30.5 Å². The van der Waals surface area contributed by atoms with E-state index in [0.717, 1.165) is 0 Å². The molecule has 1 heterocycles. The molecule has 6 nitrogen and oxygen atoms in total. The van der Waals surface area contributed by atoms with Gasteiger partial charge in [0.05, 0.1) is 11.3 Å². The first-order valence-corrected chi connectivity index (χ1v) is 5.23. The number of nitrogens with zero attached hydrogens (tertiary/aromatic N) is 3. The molecule has 0 aliphatic rings. The second-order valence-electron chi connectivity index (χ2n) is 3.61. The third-order valence-electron chi connectivity index (χ3n) is 2.44. The molecule has 90 valence electrons. The maximum absolute atomic E-state index is 11.4. The van der Waals surface area contributed by atoms with Crippen LogP contribution in [0.1, 0.15) is 16.1 Å². The molecule has 0 aliphatic carbocycles. The molecule has 2 rings (SSSR count). The summed E-state index contributed by atoms with van der Waals surface area (Å²) < 4.78 is 1.47. The number of carbonyl (C=O) groups excluding carboxylic acids is 1. The summed E-state index contributed by atoms with van der Waals surface area (Å²) in [6.45, 7) is 0. The Morgan fingerprint density at radius 3 is 2.94 bits per heavy atom. The van der Waals surface area contributed by atoms with Gasteiger partial charge in [0.25, 0.3) is 5.91 Å². The van der Waals surface area contributed by atoms with E-state index in [1.54, 1.807) is 30.5 Å². The van der Waals surface area contributed by atoms with Crippen LogP contribution < -0.4 is 11.1 Å². The van der Waals surface area contributed by atoms with Crippen LogP contribution in [0, 0.1) is 11.3 Å². The topological polar surface area (TPSA) is 96.7 Å². The van der Waals surface area contributed by atoms with Crippen LogP contribution in [0.3, 0.4) is 0 Å². The first-order valence-electron chi connectivity index (χ1n) is 5.23. The predicted molar refractivity (Wildman–Crippen MR) is 66.1 cm³/mol. The van der Waals surface area contributed by atoms with E-state index in [9.17, 15) is 4.79 Å². The van der Waals surface area contributed by atoms with Gasteiger partial charge in [-0.3, -0.25) is 4.79 Å². The highest BCUT2D eigenvalue weighted by atomic mass is 16.1. The maximum atomic E-state index is 11.4. The molecule has 0 unspecified atom stereocenters. The highest BCUT2D eigenvalue weighted by Gasteiger charge is 2.10. The summed E-state index contributed by atoms with van der Waals surface area (Å²) in [5.41, 5.74) is 7.40. The lowest BCUT2D eigenvalue weighted by atomic mass is 10.2. The summed E-state index contributed by atoms with van der Waals surface area (Å²) in [4.78, 5) is 11.4. The quantitative estimate of drug-likeness (QED) is 0.756. The van der Waals surface area contributed by atoms with Crippen molar-refractivity contribution < 1.29 is 4.79 Å². The number of carbonyl (C=O) groups is 1. The lowest BCUT2D eigenvalue weighted by Gasteiger charge is -2.04. The van der Waals surface area contributed by atoms with Crippen LogP contribution in [0.5, 0.6) is 0 Å². The van der Waals surface area contributed by atoms with E-state index in [0.29, 0.717) is 22.6 Å². The van der Waals surface area contributed by atoms with Gasteiger partial charge in [0.2, 0.25) is 0 Å². The number of nitrogen functional groups attached to an aromatic ring is 1. The van der Waals surface area contributed by atoms with Gasteiger partial charge in [0, 0.05) is 18.9 Å². The van der Waals surface area contributed by atoms with Crippen molar-refractivity contribution in [3.8, 4) is 11.8 Å². The highest BCUT2D eigenvalue weighted by molar-refractivity contribution is 5.91. The van der Waals surface area contributed by atoms with E-state index in [-0.39, 0.29) is 5.91 Å².